The van der Waals surface area contributed by atoms with Crippen LogP contribution in [0.15, 0.2) is 29.3 Å². The number of guanidine groups is 1. The summed E-state index contributed by atoms with van der Waals surface area (Å²) in [6.45, 7) is 8.10. The summed E-state index contributed by atoms with van der Waals surface area (Å²) in [6.07, 6.45) is 6.25. The van der Waals surface area contributed by atoms with Gasteiger partial charge in [-0.1, -0.05) is 18.2 Å². The summed E-state index contributed by atoms with van der Waals surface area (Å²) >= 11 is 0. The molecular formula is C24H38IN5O2. The van der Waals surface area contributed by atoms with Gasteiger partial charge in [0.2, 0.25) is 5.91 Å². The van der Waals surface area contributed by atoms with Gasteiger partial charge in [0.15, 0.2) is 5.96 Å². The first-order valence-corrected chi connectivity index (χ1v) is 11.9. The average molecular weight is 556 g/mol. The van der Waals surface area contributed by atoms with Crippen molar-refractivity contribution in [3.63, 3.8) is 0 Å². The third-order valence-corrected chi connectivity index (χ3v) is 6.90. The van der Waals surface area contributed by atoms with Gasteiger partial charge in [0, 0.05) is 58.4 Å². The van der Waals surface area contributed by atoms with Gasteiger partial charge in [0.1, 0.15) is 5.75 Å². The second-order valence-electron chi connectivity index (χ2n) is 8.91. The highest BCUT2D eigenvalue weighted by atomic mass is 127. The predicted octanol–water partition coefficient (Wildman–Crippen LogP) is 2.94. The normalized spacial score (nSPS) is 21.0. The number of carbonyl (C=O) groups is 1. The lowest BCUT2D eigenvalue weighted by molar-refractivity contribution is -0.135. The number of nitrogens with one attached hydrogen (secondary N) is 1. The van der Waals surface area contributed by atoms with Gasteiger partial charge in [-0.2, -0.15) is 0 Å². The van der Waals surface area contributed by atoms with Crippen molar-refractivity contribution in [1.29, 1.82) is 0 Å². The second kappa shape index (κ2) is 12.1. The Kier molecular flexibility index (Phi) is 9.46. The van der Waals surface area contributed by atoms with Crippen LogP contribution < -0.4 is 10.1 Å². The number of amides is 1. The predicted molar refractivity (Wildman–Crippen MR) is 139 cm³/mol. The van der Waals surface area contributed by atoms with E-state index < -0.39 is 0 Å². The molecule has 1 amide bonds. The van der Waals surface area contributed by atoms with E-state index in [-0.39, 0.29) is 35.9 Å². The van der Waals surface area contributed by atoms with E-state index in [1.54, 1.807) is 0 Å². The summed E-state index contributed by atoms with van der Waals surface area (Å²) < 4.78 is 6.16. The maximum absolute atomic E-state index is 12.7. The lowest BCUT2D eigenvalue weighted by atomic mass is 9.96. The Labute approximate surface area is 209 Å². The molecule has 0 spiro atoms. The number of halogens is 1. The molecule has 2 heterocycles. The number of hydrogen-bond acceptors (Lipinski definition) is 4. The van der Waals surface area contributed by atoms with Gasteiger partial charge in [-0.3, -0.25) is 14.7 Å². The number of aliphatic imine (C=N–C) groups is 1. The molecule has 1 atom stereocenters. The van der Waals surface area contributed by atoms with Crippen molar-refractivity contribution in [3.8, 4) is 5.75 Å². The Hall–Kier alpha value is -1.55. The summed E-state index contributed by atoms with van der Waals surface area (Å²) in [5, 5.41) is 3.52. The van der Waals surface area contributed by atoms with Gasteiger partial charge in [-0.05, 0) is 45.1 Å². The van der Waals surface area contributed by atoms with Crippen LogP contribution in [0.4, 0.5) is 0 Å². The number of carbonyl (C=O) groups excluding carboxylic acids is 1. The van der Waals surface area contributed by atoms with E-state index >= 15 is 0 Å². The zero-order valence-corrected chi connectivity index (χ0v) is 21.8. The first-order chi connectivity index (χ1) is 15.2. The molecule has 1 saturated carbocycles. The van der Waals surface area contributed by atoms with Gasteiger partial charge in [0.05, 0.1) is 12.1 Å². The van der Waals surface area contributed by atoms with Crippen molar-refractivity contribution in [2.75, 3.05) is 46.3 Å². The van der Waals surface area contributed by atoms with E-state index in [0.29, 0.717) is 12.6 Å². The molecule has 8 heteroatoms. The molecule has 4 rings (SSSR count). The highest BCUT2D eigenvalue weighted by molar-refractivity contribution is 14.0. The van der Waals surface area contributed by atoms with Crippen LogP contribution in [0.25, 0.3) is 0 Å². The molecular weight excluding hydrogens is 517 g/mol. The number of rotatable bonds is 6. The Balaban J connectivity index is 0.00000289. The molecule has 3 aliphatic rings. The molecule has 1 aromatic carbocycles. The molecule has 0 bridgehead atoms. The van der Waals surface area contributed by atoms with Crippen molar-refractivity contribution < 1.29 is 9.53 Å². The highest BCUT2D eigenvalue weighted by Gasteiger charge is 2.30. The molecule has 0 aromatic heterocycles. The number of piperazine rings is 1. The van der Waals surface area contributed by atoms with E-state index in [2.05, 4.69) is 45.2 Å². The first-order valence-electron chi connectivity index (χ1n) is 11.9. The van der Waals surface area contributed by atoms with Crippen molar-refractivity contribution in [1.82, 2.24) is 20.0 Å². The van der Waals surface area contributed by atoms with E-state index in [1.165, 1.54) is 12.0 Å². The maximum Gasteiger partial charge on any atom is 0.239 e. The summed E-state index contributed by atoms with van der Waals surface area (Å²) in [4.78, 5) is 23.9. The van der Waals surface area contributed by atoms with Crippen molar-refractivity contribution in [2.24, 2.45) is 4.99 Å². The fraction of sp³-hybridized carbons (Fsp3) is 0.667. The van der Waals surface area contributed by atoms with E-state index in [0.717, 1.165) is 76.7 Å². The summed E-state index contributed by atoms with van der Waals surface area (Å²) in [5.74, 6) is 2.18. The van der Waals surface area contributed by atoms with Crippen LogP contribution >= 0.6 is 24.0 Å². The lowest BCUT2D eigenvalue weighted by Gasteiger charge is -2.39. The Bertz CT molecular complexity index is 771. The minimum atomic E-state index is -0.0363. The molecule has 178 valence electrons. The number of para-hydroxylation sites is 1. The lowest BCUT2D eigenvalue weighted by Crippen LogP contribution is -2.57. The molecule has 2 aliphatic heterocycles. The molecule has 0 radical (unpaired) electrons. The van der Waals surface area contributed by atoms with E-state index in [4.69, 9.17) is 4.74 Å². The molecule has 3 fully saturated rings. The largest absolute Gasteiger partial charge is 0.490 e. The van der Waals surface area contributed by atoms with Crippen LogP contribution in [0.3, 0.4) is 0 Å². The van der Waals surface area contributed by atoms with E-state index in [9.17, 15) is 4.79 Å². The van der Waals surface area contributed by atoms with Crippen LogP contribution in [0.5, 0.6) is 5.75 Å². The van der Waals surface area contributed by atoms with Gasteiger partial charge in [-0.15, -0.1) is 24.0 Å². The number of likely N-dealkylation sites (tertiary alicyclic amines) is 1. The number of hydrogen-bond donors (Lipinski definition) is 1. The highest BCUT2D eigenvalue weighted by Crippen LogP contribution is 2.27. The Morgan fingerprint density at radius 1 is 1.06 bits per heavy atom. The fourth-order valence-electron chi connectivity index (χ4n) is 4.62. The molecule has 1 unspecified atom stereocenters. The fourth-order valence-corrected chi connectivity index (χ4v) is 4.62. The van der Waals surface area contributed by atoms with Gasteiger partial charge >= 0.3 is 0 Å². The molecule has 7 nitrogen and oxygen atoms in total. The van der Waals surface area contributed by atoms with Crippen LogP contribution in [0.2, 0.25) is 0 Å². The van der Waals surface area contributed by atoms with Crippen molar-refractivity contribution in [2.45, 2.75) is 57.7 Å². The summed E-state index contributed by atoms with van der Waals surface area (Å²) in [6, 6.07) is 8.25. The molecule has 1 aromatic rings. The van der Waals surface area contributed by atoms with Gasteiger partial charge < -0.3 is 19.9 Å². The first kappa shape index (κ1) is 25.1. The van der Waals surface area contributed by atoms with Gasteiger partial charge in [0.25, 0.3) is 0 Å². The maximum atomic E-state index is 12.7. The minimum Gasteiger partial charge on any atom is -0.490 e. The van der Waals surface area contributed by atoms with Crippen molar-refractivity contribution >= 4 is 35.8 Å². The minimum absolute atomic E-state index is 0. The number of nitrogens with zero attached hydrogens (tertiary/aromatic N) is 4. The van der Waals surface area contributed by atoms with E-state index in [1.807, 2.05) is 18.0 Å². The zero-order chi connectivity index (χ0) is 21.6. The molecule has 32 heavy (non-hydrogen) atoms. The smallest absolute Gasteiger partial charge is 0.239 e. The Morgan fingerprint density at radius 2 is 1.75 bits per heavy atom. The van der Waals surface area contributed by atoms with Crippen LogP contribution in [-0.4, -0.2) is 85.0 Å². The molecule has 2 saturated heterocycles. The Morgan fingerprint density at radius 3 is 2.38 bits per heavy atom. The molecule has 1 N–H and O–H groups in total. The SMILES string of the molecule is CN=C(NCc1ccccc1OC1CCC1)N1CCN(C(C)C(=O)N2CCCC2)CC1.I. The third kappa shape index (κ3) is 6.07. The van der Waals surface area contributed by atoms with Crippen LogP contribution in [0, 0.1) is 0 Å². The van der Waals surface area contributed by atoms with Crippen LogP contribution in [0.1, 0.15) is 44.6 Å². The number of ether oxygens (including phenoxy) is 1. The third-order valence-electron chi connectivity index (χ3n) is 6.90. The number of benzene rings is 1. The quantitative estimate of drug-likeness (QED) is 0.333. The van der Waals surface area contributed by atoms with Gasteiger partial charge in [-0.25, -0.2) is 0 Å². The summed E-state index contributed by atoms with van der Waals surface area (Å²) in [7, 11) is 1.84. The second-order valence-corrected chi connectivity index (χ2v) is 8.91. The van der Waals surface area contributed by atoms with Crippen molar-refractivity contribution in [3.05, 3.63) is 29.8 Å². The average Bonchev–Trinajstić information content (AvgIpc) is 3.32. The monoisotopic (exact) mass is 555 g/mol. The standard InChI is InChI=1S/C24H37N5O2.HI/c1-19(23(30)28-12-5-6-13-28)27-14-16-29(17-15-27)24(25-2)26-18-20-8-3-4-11-22(20)31-21-9-7-10-21;/h3-4,8,11,19,21H,5-7,9-10,12-18H2,1-2H3,(H,25,26);1H. The van der Waals surface area contributed by atoms with Crippen LogP contribution in [-0.2, 0) is 11.3 Å². The molecule has 1 aliphatic carbocycles. The topological polar surface area (TPSA) is 60.4 Å². The summed E-state index contributed by atoms with van der Waals surface area (Å²) in [5.41, 5.74) is 1.17. The zero-order valence-electron chi connectivity index (χ0n) is 19.5.